The minimum absolute atomic E-state index is 0. The number of nitrogens with two attached hydrogens (primary N) is 1. The van der Waals surface area contributed by atoms with Crippen molar-refractivity contribution in [1.29, 1.82) is 0 Å². The normalized spacial score (nSPS) is 13.9. The summed E-state index contributed by atoms with van der Waals surface area (Å²) in [5.41, 5.74) is 26.0. The molecule has 2 saturated heterocycles. The highest BCUT2D eigenvalue weighted by molar-refractivity contribution is 7.59. The van der Waals surface area contributed by atoms with Crippen molar-refractivity contribution >= 4 is 74.0 Å². The molecule has 23 nitrogen and oxygen atoms in total. The predicted molar refractivity (Wildman–Crippen MR) is 285 cm³/mol. The number of hydrogen-bond acceptors (Lipinski definition) is 15. The van der Waals surface area contributed by atoms with E-state index in [2.05, 4.69) is 65.9 Å². The maximum absolute atomic E-state index is 12.9. The van der Waals surface area contributed by atoms with Crippen LogP contribution in [0.3, 0.4) is 0 Å². The van der Waals surface area contributed by atoms with Crippen molar-refractivity contribution in [3.05, 3.63) is 151 Å². The quantitative estimate of drug-likeness (QED) is 0.0365. The van der Waals surface area contributed by atoms with Crippen LogP contribution >= 0.6 is 50.2 Å². The highest BCUT2D eigenvalue weighted by Crippen LogP contribution is 2.22. The van der Waals surface area contributed by atoms with Crippen molar-refractivity contribution < 1.29 is 24.2 Å². The second-order valence-electron chi connectivity index (χ2n) is 15.7. The van der Waals surface area contributed by atoms with Crippen LogP contribution in [0.5, 0.6) is 0 Å². The standard InChI is InChI=1S/C22H24ClN9O2.C14H17N5O3.C8H9ClN4.CH4.2H2S/c1-14-10-25-22(28-17-5-7-34-8-6-17)30-20(14)32-12-19(26-13-32)21(33)29-18(11-27-31-24)15-3-2-4-16(23)9-15;1-9-6-15-14(17-10-2-4-22-5-3-10)18-12(9)19-7-11(13(20)21)16-8-19;9-7-3-1-2-6(4-7)8(10)5-12-13-11;;;/h2-4,9-10,12-13,17-18H,5-8,11H2,1H3,(H,29,33)(H,25,28,30);6-8,10H,2-5H2,1H3,(H,20,21)(H,15,17,18);1-4,8H,5,10H2;1H4;2*1H2/t18-;;8-;;;/m1.1.../s1. The molecular weight excluding hydrogens is 1010 g/mol. The summed E-state index contributed by atoms with van der Waals surface area (Å²) >= 11 is 11.8. The fourth-order valence-electron chi connectivity index (χ4n) is 6.96. The molecule has 72 heavy (non-hydrogen) atoms. The molecule has 2 aliphatic heterocycles. The molecule has 384 valence electrons. The van der Waals surface area contributed by atoms with Crippen LogP contribution in [-0.4, -0.2) is 108 Å². The first-order chi connectivity index (χ1) is 33.4. The van der Waals surface area contributed by atoms with Gasteiger partial charge in [-0.1, -0.05) is 65.1 Å². The summed E-state index contributed by atoms with van der Waals surface area (Å²) in [5.74, 6) is 0.803. The zero-order valence-corrected chi connectivity index (χ0v) is 42.1. The summed E-state index contributed by atoms with van der Waals surface area (Å²) in [6.45, 7) is 6.95. The third kappa shape index (κ3) is 17.9. The summed E-state index contributed by atoms with van der Waals surface area (Å²) < 4.78 is 14.0. The van der Waals surface area contributed by atoms with Gasteiger partial charge in [0.1, 0.15) is 30.0 Å². The lowest BCUT2D eigenvalue weighted by atomic mass is 10.1. The number of aryl methyl sites for hydroxylation is 2. The van der Waals surface area contributed by atoms with Crippen LogP contribution in [0.2, 0.25) is 10.0 Å². The van der Waals surface area contributed by atoms with E-state index in [0.29, 0.717) is 52.8 Å². The smallest absolute Gasteiger partial charge is 0.356 e. The van der Waals surface area contributed by atoms with E-state index in [1.165, 1.54) is 18.9 Å². The van der Waals surface area contributed by atoms with Crippen molar-refractivity contribution in [3.8, 4) is 11.6 Å². The van der Waals surface area contributed by atoms with E-state index in [9.17, 15) is 9.59 Å². The maximum atomic E-state index is 12.9. The summed E-state index contributed by atoms with van der Waals surface area (Å²) in [7, 11) is 0. The zero-order chi connectivity index (χ0) is 49.1. The third-order valence-electron chi connectivity index (χ3n) is 10.6. The second kappa shape index (κ2) is 30.3. The van der Waals surface area contributed by atoms with Gasteiger partial charge in [0, 0.05) is 107 Å². The summed E-state index contributed by atoms with van der Waals surface area (Å²) in [4.78, 5) is 55.2. The molecule has 2 aliphatic rings. The lowest BCUT2D eigenvalue weighted by Gasteiger charge is -2.23. The second-order valence-corrected chi connectivity index (χ2v) is 16.5. The number of carbonyl (C=O) groups is 2. The van der Waals surface area contributed by atoms with Gasteiger partial charge in [0.25, 0.3) is 5.91 Å². The van der Waals surface area contributed by atoms with Crippen LogP contribution in [0.1, 0.15) is 88.4 Å². The molecule has 6 aromatic rings. The average Bonchev–Trinajstić information content (AvgIpc) is 4.07. The fraction of sp³-hybridized carbons (Fsp3) is 0.378. The summed E-state index contributed by atoms with van der Waals surface area (Å²) in [6.07, 6.45) is 13.1. The third-order valence-corrected chi connectivity index (χ3v) is 11.1. The molecule has 0 aliphatic carbocycles. The molecular formula is C45H58Cl2N18O5S2. The number of carboxylic acid groups (broad SMARTS) is 1. The number of benzene rings is 2. The Bertz CT molecular complexity index is 2780. The highest BCUT2D eigenvalue weighted by Gasteiger charge is 2.21. The number of carboxylic acids is 1. The predicted octanol–water partition coefficient (Wildman–Crippen LogP) is 8.77. The number of carbonyl (C=O) groups excluding carboxylic acids is 1. The number of rotatable bonds is 15. The van der Waals surface area contributed by atoms with Gasteiger partial charge in [-0.2, -0.15) is 37.0 Å². The number of aromatic nitrogens is 8. The topological polar surface area (TPSA) is 320 Å². The number of nitrogens with zero attached hydrogens (tertiary/aromatic N) is 14. The van der Waals surface area contributed by atoms with Crippen LogP contribution in [0, 0.1) is 13.8 Å². The fourth-order valence-corrected chi connectivity index (χ4v) is 7.35. The molecule has 27 heteroatoms. The number of anilines is 2. The van der Waals surface area contributed by atoms with E-state index < -0.39 is 17.9 Å². The number of hydrogen-bond donors (Lipinski definition) is 5. The lowest BCUT2D eigenvalue weighted by Crippen LogP contribution is -2.30. The van der Waals surface area contributed by atoms with Crippen LogP contribution in [-0.2, 0) is 9.47 Å². The van der Waals surface area contributed by atoms with Crippen molar-refractivity contribution in [3.63, 3.8) is 0 Å². The molecule has 2 aromatic carbocycles. The van der Waals surface area contributed by atoms with Crippen molar-refractivity contribution in [2.24, 2.45) is 16.0 Å². The number of halogens is 2. The number of amides is 1. The van der Waals surface area contributed by atoms with Crippen LogP contribution < -0.4 is 21.7 Å². The number of imidazole rings is 2. The van der Waals surface area contributed by atoms with E-state index >= 15 is 0 Å². The molecule has 2 fully saturated rings. The Morgan fingerprint density at radius 1 is 0.764 bits per heavy atom. The molecule has 1 amide bonds. The van der Waals surface area contributed by atoms with Gasteiger partial charge in [0.15, 0.2) is 5.69 Å². The van der Waals surface area contributed by atoms with Gasteiger partial charge in [-0.3, -0.25) is 13.9 Å². The molecule has 8 rings (SSSR count). The first-order valence-electron chi connectivity index (χ1n) is 21.7. The Morgan fingerprint density at radius 3 is 1.69 bits per heavy atom. The van der Waals surface area contributed by atoms with Gasteiger partial charge < -0.3 is 36.3 Å². The lowest BCUT2D eigenvalue weighted by molar-refractivity contribution is 0.0690. The maximum Gasteiger partial charge on any atom is 0.356 e. The molecule has 6 heterocycles. The van der Waals surface area contributed by atoms with Crippen molar-refractivity contribution in [2.75, 3.05) is 50.2 Å². The Labute approximate surface area is 439 Å². The monoisotopic (exact) mass is 1060 g/mol. The molecule has 6 N–H and O–H groups in total. The van der Waals surface area contributed by atoms with E-state index in [4.69, 9.17) is 54.6 Å². The molecule has 0 saturated carbocycles. The molecule has 0 radical (unpaired) electrons. The Kier molecular flexibility index (Phi) is 25.1. The first kappa shape index (κ1) is 59.6. The highest BCUT2D eigenvalue weighted by atomic mass is 35.5. The summed E-state index contributed by atoms with van der Waals surface area (Å²) in [5, 5.41) is 26.6. The largest absolute Gasteiger partial charge is 0.476 e. The van der Waals surface area contributed by atoms with Gasteiger partial charge in [0.05, 0.1) is 12.6 Å². The van der Waals surface area contributed by atoms with Crippen LogP contribution in [0.25, 0.3) is 32.5 Å². The van der Waals surface area contributed by atoms with Gasteiger partial charge in [-0.05, 0) is 86.0 Å². The molecule has 0 unspecified atom stereocenters. The minimum Gasteiger partial charge on any atom is -0.476 e. The van der Waals surface area contributed by atoms with Crippen LogP contribution in [0.15, 0.2) is 96.2 Å². The number of aromatic carboxylic acids is 1. The molecule has 0 bridgehead atoms. The Balaban J connectivity index is 0.000000310. The van der Waals surface area contributed by atoms with Gasteiger partial charge in [-0.15, -0.1) is 0 Å². The molecule has 4 aromatic heterocycles. The number of nitrogens with one attached hydrogen (secondary N) is 3. The van der Waals surface area contributed by atoms with Gasteiger partial charge in [-0.25, -0.2) is 24.7 Å². The van der Waals surface area contributed by atoms with Gasteiger partial charge >= 0.3 is 5.97 Å². The number of azide groups is 2. The first-order valence-corrected chi connectivity index (χ1v) is 22.4. The van der Waals surface area contributed by atoms with E-state index in [-0.39, 0.29) is 71.0 Å². The SMILES string of the molecule is C.Cc1cnc(NC2CCOCC2)nc1-n1cnc(C(=O)N[C@H](CN=[N+]=[N-])c2cccc(Cl)c2)c1.Cc1cnc(NC2CCOCC2)nc1-n1cnc(C(=O)O)c1.S.S.[N-]=[N+]=NC[C@@H](N)c1cccc(Cl)c1. The van der Waals surface area contributed by atoms with E-state index in [1.807, 2.05) is 26.0 Å². The Hall–Kier alpha value is -6.66. The van der Waals surface area contributed by atoms with Crippen LogP contribution in [0.4, 0.5) is 11.9 Å². The number of ether oxygens (including phenoxy) is 2. The Morgan fingerprint density at radius 2 is 1.22 bits per heavy atom. The van der Waals surface area contributed by atoms with Crippen molar-refractivity contribution in [1.82, 2.24) is 44.4 Å². The molecule has 2 atom stereocenters. The zero-order valence-electron chi connectivity index (χ0n) is 38.6. The van der Waals surface area contributed by atoms with Gasteiger partial charge in [0.2, 0.25) is 11.9 Å². The minimum atomic E-state index is -1.06. The van der Waals surface area contributed by atoms with E-state index in [0.717, 1.165) is 61.2 Å². The van der Waals surface area contributed by atoms with E-state index in [1.54, 1.807) is 64.1 Å². The average molecular weight is 1070 g/mol. The molecule has 0 spiro atoms. The summed E-state index contributed by atoms with van der Waals surface area (Å²) in [6, 6.07) is 13.9. The van der Waals surface area contributed by atoms with Crippen molar-refractivity contribution in [2.45, 2.75) is 71.1 Å².